The molecule has 14 heteroatoms. The Kier molecular flexibility index (Phi) is 5.18. The Morgan fingerprint density at radius 3 is 2.80 bits per heavy atom. The molecule has 2 rings (SSSR count). The average molecular weight is 371 g/mol. The fraction of sp³-hybridized carbons (Fsp3) is 0.0909. The number of nitrogens with one attached hydrogen (secondary N) is 1. The number of benzene rings is 1. The van der Waals surface area contributed by atoms with Crippen LogP contribution >= 0.6 is 11.6 Å². The van der Waals surface area contributed by atoms with Gasteiger partial charge in [0.2, 0.25) is 12.1 Å². The summed E-state index contributed by atoms with van der Waals surface area (Å²) in [6, 6.07) is 2.26. The minimum Gasteiger partial charge on any atom is -0.502 e. The van der Waals surface area contributed by atoms with E-state index in [1.807, 2.05) is 0 Å². The van der Waals surface area contributed by atoms with Gasteiger partial charge in [0.25, 0.3) is 10.8 Å². The minimum atomic E-state index is -0.813. The Morgan fingerprint density at radius 1 is 1.48 bits per heavy atom. The van der Waals surface area contributed by atoms with Crippen molar-refractivity contribution in [2.45, 2.75) is 6.54 Å². The number of carbonyl (C=O) groups excluding carboxylic acids is 1. The summed E-state index contributed by atoms with van der Waals surface area (Å²) in [5.74, 6) is -1.95. The SMILES string of the molecule is O=C(Cn1cnc([N+](=O)[O-])n1)N/N=C/c1cc(Cl)cc([N+](=O)O)c1O. The largest absolute Gasteiger partial charge is 0.502 e. The highest BCUT2D eigenvalue weighted by molar-refractivity contribution is 6.31. The minimum absolute atomic E-state index is 0.0328. The number of hydrogen-bond acceptors (Lipinski definition) is 8. The van der Waals surface area contributed by atoms with Crippen LogP contribution in [0.3, 0.4) is 0 Å². The summed E-state index contributed by atoms with van der Waals surface area (Å²) >= 11 is 5.73. The van der Waals surface area contributed by atoms with Gasteiger partial charge in [0.15, 0.2) is 0 Å². The number of aromatic hydroxyl groups is 1. The number of hydrazone groups is 1. The molecule has 3 N–H and O–H groups in total. The maximum Gasteiger partial charge on any atom is 0.490 e. The number of nitro groups is 1. The van der Waals surface area contributed by atoms with Crippen molar-refractivity contribution in [3.05, 3.63) is 44.1 Å². The lowest BCUT2D eigenvalue weighted by molar-refractivity contribution is -0.730. The van der Waals surface area contributed by atoms with Crippen molar-refractivity contribution in [1.82, 2.24) is 20.2 Å². The molecule has 1 aromatic carbocycles. The van der Waals surface area contributed by atoms with Crippen molar-refractivity contribution in [3.8, 4) is 5.75 Å². The summed E-state index contributed by atoms with van der Waals surface area (Å²) in [6.07, 6.45) is 1.98. The Morgan fingerprint density at radius 2 is 2.20 bits per heavy atom. The molecule has 0 aliphatic heterocycles. The molecular formula is C11H9ClN7O6+. The standard InChI is InChI=1S/C11H8ClN7O6/c12-7-1-6(10(21)8(2-7)18(22)23)3-14-15-9(20)4-17-5-13-11(16-17)19(24)25/h1-3,5H,4H2,(H2-,14,15,20,21,22,23)/p+1. The molecule has 1 amide bonds. The maximum atomic E-state index is 11.6. The third-order valence-corrected chi connectivity index (χ3v) is 2.89. The predicted molar refractivity (Wildman–Crippen MR) is 80.6 cm³/mol. The summed E-state index contributed by atoms with van der Waals surface area (Å²) in [6.45, 7) is -0.393. The number of aromatic nitrogens is 3. The zero-order valence-electron chi connectivity index (χ0n) is 12.1. The third-order valence-electron chi connectivity index (χ3n) is 2.68. The number of amides is 1. The summed E-state index contributed by atoms with van der Waals surface area (Å²) in [4.78, 5) is 34.9. The van der Waals surface area contributed by atoms with E-state index < -0.39 is 39.7 Å². The fourth-order valence-electron chi connectivity index (χ4n) is 1.65. The van der Waals surface area contributed by atoms with Crippen LogP contribution in [0, 0.1) is 15.0 Å². The van der Waals surface area contributed by atoms with Crippen molar-refractivity contribution >= 4 is 35.4 Å². The molecule has 0 atom stereocenters. The topological polar surface area (TPSA) is 176 Å². The van der Waals surface area contributed by atoms with E-state index in [0.29, 0.717) is 0 Å². The summed E-state index contributed by atoms with van der Waals surface area (Å²) in [5.41, 5.74) is 1.53. The number of carbonyl (C=O) groups is 1. The normalized spacial score (nSPS) is 10.8. The van der Waals surface area contributed by atoms with Crippen LogP contribution in [0.4, 0.5) is 11.6 Å². The molecule has 0 saturated heterocycles. The molecule has 0 unspecified atom stereocenters. The van der Waals surface area contributed by atoms with E-state index in [2.05, 4.69) is 20.6 Å². The molecule has 0 saturated carbocycles. The zero-order valence-corrected chi connectivity index (χ0v) is 12.9. The second-order valence-corrected chi connectivity index (χ2v) is 4.86. The van der Waals surface area contributed by atoms with Gasteiger partial charge in [0.1, 0.15) is 6.54 Å². The van der Waals surface area contributed by atoms with E-state index in [1.54, 1.807) is 0 Å². The summed E-state index contributed by atoms with van der Waals surface area (Å²) in [7, 11) is 0. The number of nitrogens with zero attached hydrogens (tertiary/aromatic N) is 6. The zero-order chi connectivity index (χ0) is 18.6. The highest BCUT2D eigenvalue weighted by atomic mass is 35.5. The highest BCUT2D eigenvalue weighted by Gasteiger charge is 2.22. The van der Waals surface area contributed by atoms with Crippen LogP contribution in [0.25, 0.3) is 0 Å². The molecule has 0 radical (unpaired) electrons. The molecule has 0 fully saturated rings. The number of phenolic OH excluding ortho intramolecular Hbond substituents is 1. The van der Waals surface area contributed by atoms with Gasteiger partial charge in [-0.2, -0.15) is 9.78 Å². The van der Waals surface area contributed by atoms with Crippen molar-refractivity contribution < 1.29 is 25.0 Å². The molecule has 1 aromatic heterocycles. The van der Waals surface area contributed by atoms with Crippen molar-refractivity contribution in [2.75, 3.05) is 0 Å². The highest BCUT2D eigenvalue weighted by Crippen LogP contribution is 2.31. The molecule has 1 heterocycles. The van der Waals surface area contributed by atoms with E-state index in [0.717, 1.165) is 23.3 Å². The van der Waals surface area contributed by atoms with Gasteiger partial charge in [0.05, 0.1) is 11.1 Å². The van der Waals surface area contributed by atoms with Gasteiger partial charge in [-0.25, -0.2) is 10.6 Å². The second kappa shape index (κ2) is 7.31. The molecular weight excluding hydrogens is 362 g/mol. The first-order valence-corrected chi connectivity index (χ1v) is 6.70. The van der Waals surface area contributed by atoms with Gasteiger partial charge < -0.3 is 15.2 Å². The molecule has 0 aliphatic rings. The number of phenols is 1. The van der Waals surface area contributed by atoms with Crippen LogP contribution in [-0.2, 0) is 11.3 Å². The molecule has 130 valence electrons. The Balaban J connectivity index is 2.04. The molecule has 0 bridgehead atoms. The monoisotopic (exact) mass is 370 g/mol. The van der Waals surface area contributed by atoms with Gasteiger partial charge in [-0.1, -0.05) is 16.6 Å². The van der Waals surface area contributed by atoms with E-state index in [1.165, 1.54) is 6.07 Å². The van der Waals surface area contributed by atoms with Crippen LogP contribution < -0.4 is 5.43 Å². The molecule has 25 heavy (non-hydrogen) atoms. The first-order chi connectivity index (χ1) is 11.8. The van der Waals surface area contributed by atoms with Crippen LogP contribution in [0.1, 0.15) is 5.56 Å². The van der Waals surface area contributed by atoms with Gasteiger partial charge in [0, 0.05) is 21.8 Å². The lowest BCUT2D eigenvalue weighted by Crippen LogP contribution is -2.23. The lowest BCUT2D eigenvalue weighted by atomic mass is 10.2. The van der Waals surface area contributed by atoms with Gasteiger partial charge in [-0.3, -0.25) is 4.79 Å². The number of halogens is 1. The maximum absolute atomic E-state index is 11.6. The second-order valence-electron chi connectivity index (χ2n) is 4.43. The first kappa shape index (κ1) is 17.7. The van der Waals surface area contributed by atoms with Crippen LogP contribution in [0.5, 0.6) is 5.75 Å². The number of hydrogen-bond donors (Lipinski definition) is 3. The Labute approximate surface area is 142 Å². The van der Waals surface area contributed by atoms with Crippen molar-refractivity contribution in [1.29, 1.82) is 0 Å². The van der Waals surface area contributed by atoms with Gasteiger partial charge >= 0.3 is 11.6 Å². The van der Waals surface area contributed by atoms with E-state index in [4.69, 9.17) is 16.8 Å². The van der Waals surface area contributed by atoms with Crippen molar-refractivity contribution in [2.24, 2.45) is 5.10 Å². The number of rotatable bonds is 6. The predicted octanol–water partition coefficient (Wildman–Crippen LogP) is 0.495. The molecule has 2 aromatic rings. The van der Waals surface area contributed by atoms with E-state index >= 15 is 0 Å². The Bertz CT molecular complexity index is 880. The third kappa shape index (κ3) is 4.44. The van der Waals surface area contributed by atoms with Crippen LogP contribution in [0.2, 0.25) is 5.02 Å². The summed E-state index contributed by atoms with van der Waals surface area (Å²) in [5, 5.41) is 36.1. The molecule has 0 aliphatic carbocycles. The van der Waals surface area contributed by atoms with Crippen LogP contribution in [0.15, 0.2) is 23.6 Å². The van der Waals surface area contributed by atoms with Gasteiger partial charge in [-0.15, -0.1) is 0 Å². The van der Waals surface area contributed by atoms with Crippen molar-refractivity contribution in [3.63, 3.8) is 0 Å². The van der Waals surface area contributed by atoms with E-state index in [-0.39, 0.29) is 10.6 Å². The smallest absolute Gasteiger partial charge is 0.490 e. The Hall–Kier alpha value is -3.61. The molecule has 13 nitrogen and oxygen atoms in total. The lowest BCUT2D eigenvalue weighted by Gasteiger charge is -2.00. The average Bonchev–Trinajstić information content (AvgIpc) is 2.98. The fourth-order valence-corrected chi connectivity index (χ4v) is 1.87. The quantitative estimate of drug-likeness (QED) is 0.373. The summed E-state index contributed by atoms with van der Waals surface area (Å²) < 4.78 is 0.930. The van der Waals surface area contributed by atoms with Crippen LogP contribution in [-0.4, -0.2) is 47.0 Å². The first-order valence-electron chi connectivity index (χ1n) is 6.32. The van der Waals surface area contributed by atoms with E-state index in [9.17, 15) is 24.9 Å². The van der Waals surface area contributed by atoms with Gasteiger partial charge in [-0.05, 0) is 11.0 Å². The molecule has 0 spiro atoms.